The third-order valence-corrected chi connectivity index (χ3v) is 2.95. The molecule has 0 unspecified atom stereocenters. The molecule has 3 N–H and O–H groups in total. The van der Waals surface area contributed by atoms with Crippen molar-refractivity contribution in [1.29, 1.82) is 0 Å². The van der Waals surface area contributed by atoms with Gasteiger partial charge >= 0.3 is 0 Å². The number of halogens is 1. The summed E-state index contributed by atoms with van der Waals surface area (Å²) in [5.74, 6) is -0.210. The number of aromatic nitrogens is 1. The van der Waals surface area contributed by atoms with Gasteiger partial charge in [-0.15, -0.1) is 0 Å². The summed E-state index contributed by atoms with van der Waals surface area (Å²) in [5, 5.41) is 3.33. The van der Waals surface area contributed by atoms with Crippen LogP contribution in [-0.4, -0.2) is 10.9 Å². The maximum Gasteiger partial charge on any atom is 0.251 e. The van der Waals surface area contributed by atoms with Gasteiger partial charge in [0.15, 0.2) is 0 Å². The van der Waals surface area contributed by atoms with Crippen molar-refractivity contribution in [2.45, 2.75) is 13.0 Å². The third kappa shape index (κ3) is 3.45. The van der Waals surface area contributed by atoms with Gasteiger partial charge in [-0.25, -0.2) is 0 Å². The van der Waals surface area contributed by atoms with E-state index in [1.54, 1.807) is 30.6 Å². The Bertz CT molecular complexity index is 566. The second kappa shape index (κ2) is 5.71. The molecule has 0 bridgehead atoms. The predicted octanol–water partition coefficient (Wildman–Crippen LogP) is 2.81. The van der Waals surface area contributed by atoms with E-state index in [1.165, 1.54) is 0 Å². The van der Waals surface area contributed by atoms with Gasteiger partial charge in [0, 0.05) is 28.7 Å². The Morgan fingerprint density at radius 2 is 2.00 bits per heavy atom. The quantitative estimate of drug-likeness (QED) is 0.847. The van der Waals surface area contributed by atoms with Crippen LogP contribution in [0.2, 0.25) is 5.02 Å². The average Bonchev–Trinajstić information content (AvgIpc) is 2.38. The summed E-state index contributed by atoms with van der Waals surface area (Å²) in [4.78, 5) is 16.0. The maximum absolute atomic E-state index is 12.1. The largest absolute Gasteiger partial charge is 0.399 e. The first kappa shape index (κ1) is 13.4. The van der Waals surface area contributed by atoms with E-state index in [9.17, 15) is 4.79 Å². The Labute approximate surface area is 116 Å². The lowest BCUT2D eigenvalue weighted by molar-refractivity contribution is 0.0940. The van der Waals surface area contributed by atoms with E-state index < -0.39 is 0 Å². The minimum absolute atomic E-state index is 0.115. The van der Waals surface area contributed by atoms with Gasteiger partial charge < -0.3 is 11.1 Å². The molecule has 0 aliphatic heterocycles. The maximum atomic E-state index is 12.1. The number of rotatable bonds is 3. The van der Waals surface area contributed by atoms with Crippen molar-refractivity contribution in [3.8, 4) is 0 Å². The van der Waals surface area contributed by atoms with Gasteiger partial charge in [0.25, 0.3) is 5.91 Å². The second-order valence-corrected chi connectivity index (χ2v) is 4.69. The molecule has 19 heavy (non-hydrogen) atoms. The molecule has 0 fully saturated rings. The molecular weight excluding hydrogens is 262 g/mol. The number of amides is 1. The number of nitrogens with two attached hydrogens (primary N) is 1. The number of pyridine rings is 1. The zero-order chi connectivity index (χ0) is 13.8. The number of anilines is 1. The summed E-state index contributed by atoms with van der Waals surface area (Å²) in [6.45, 7) is 1.90. The van der Waals surface area contributed by atoms with E-state index >= 15 is 0 Å². The summed E-state index contributed by atoms with van der Waals surface area (Å²) in [6, 6.07) is 8.39. The molecule has 1 atom stereocenters. The highest BCUT2D eigenvalue weighted by molar-refractivity contribution is 6.31. The predicted molar refractivity (Wildman–Crippen MR) is 76.0 cm³/mol. The SMILES string of the molecule is C[C@H](NC(=O)c1cc(N)cc(Cl)c1)c1ccncc1. The molecule has 0 spiro atoms. The summed E-state index contributed by atoms with van der Waals surface area (Å²) < 4.78 is 0. The van der Waals surface area contributed by atoms with Gasteiger partial charge in [0.05, 0.1) is 6.04 Å². The number of carbonyl (C=O) groups excluding carboxylic acids is 1. The normalized spacial score (nSPS) is 11.9. The fourth-order valence-corrected chi connectivity index (χ4v) is 2.00. The number of nitrogens with zero attached hydrogens (tertiary/aromatic N) is 1. The topological polar surface area (TPSA) is 68.0 Å². The first-order chi connectivity index (χ1) is 9.06. The molecule has 2 rings (SSSR count). The first-order valence-corrected chi connectivity index (χ1v) is 6.21. The molecule has 5 heteroatoms. The molecule has 1 amide bonds. The molecule has 4 nitrogen and oxygen atoms in total. The van der Waals surface area contributed by atoms with Crippen molar-refractivity contribution < 1.29 is 4.79 Å². The molecule has 0 saturated carbocycles. The monoisotopic (exact) mass is 275 g/mol. The van der Waals surface area contributed by atoms with Crippen LogP contribution in [0.25, 0.3) is 0 Å². The second-order valence-electron chi connectivity index (χ2n) is 4.25. The number of nitrogens with one attached hydrogen (secondary N) is 1. The fraction of sp³-hybridized carbons (Fsp3) is 0.143. The molecule has 2 aromatic rings. The van der Waals surface area contributed by atoms with Gasteiger partial charge in [-0.3, -0.25) is 9.78 Å². The highest BCUT2D eigenvalue weighted by Gasteiger charge is 2.12. The van der Waals surface area contributed by atoms with E-state index in [4.69, 9.17) is 17.3 Å². The van der Waals surface area contributed by atoms with Gasteiger partial charge in [-0.1, -0.05) is 11.6 Å². The first-order valence-electron chi connectivity index (χ1n) is 5.83. The van der Waals surface area contributed by atoms with Crippen molar-refractivity contribution in [2.24, 2.45) is 0 Å². The Balaban J connectivity index is 2.13. The van der Waals surface area contributed by atoms with Crippen LogP contribution in [0.1, 0.15) is 28.9 Å². The third-order valence-electron chi connectivity index (χ3n) is 2.74. The lowest BCUT2D eigenvalue weighted by Gasteiger charge is -2.14. The molecular formula is C14H14ClN3O. The highest BCUT2D eigenvalue weighted by Crippen LogP contribution is 2.18. The summed E-state index contributed by atoms with van der Waals surface area (Å²) in [5.41, 5.74) is 7.57. The van der Waals surface area contributed by atoms with E-state index in [0.717, 1.165) is 5.56 Å². The average molecular weight is 276 g/mol. The van der Waals surface area contributed by atoms with Crippen LogP contribution < -0.4 is 11.1 Å². The zero-order valence-electron chi connectivity index (χ0n) is 10.4. The van der Waals surface area contributed by atoms with Gasteiger partial charge in [-0.05, 0) is 42.8 Å². The van der Waals surface area contributed by atoms with Gasteiger partial charge in [-0.2, -0.15) is 0 Å². The summed E-state index contributed by atoms with van der Waals surface area (Å²) >= 11 is 5.88. The van der Waals surface area contributed by atoms with Crippen molar-refractivity contribution in [3.63, 3.8) is 0 Å². The summed E-state index contributed by atoms with van der Waals surface area (Å²) in [6.07, 6.45) is 3.38. The molecule has 1 heterocycles. The van der Waals surface area contributed by atoms with Crippen molar-refractivity contribution >= 4 is 23.2 Å². The molecule has 0 saturated heterocycles. The van der Waals surface area contributed by atoms with Crippen LogP contribution in [0.3, 0.4) is 0 Å². The summed E-state index contributed by atoms with van der Waals surface area (Å²) in [7, 11) is 0. The Hall–Kier alpha value is -2.07. The standard InChI is InChI=1S/C14H14ClN3O/c1-9(10-2-4-17-5-3-10)18-14(19)11-6-12(15)8-13(16)7-11/h2-9H,16H2,1H3,(H,18,19)/t9-/m0/s1. The Morgan fingerprint density at radius 1 is 1.32 bits per heavy atom. The highest BCUT2D eigenvalue weighted by atomic mass is 35.5. The van der Waals surface area contributed by atoms with Crippen LogP contribution >= 0.6 is 11.6 Å². The van der Waals surface area contributed by atoms with Crippen molar-refractivity contribution in [2.75, 3.05) is 5.73 Å². The van der Waals surface area contributed by atoms with Crippen LogP contribution in [0.4, 0.5) is 5.69 Å². The number of nitrogen functional groups attached to an aromatic ring is 1. The fourth-order valence-electron chi connectivity index (χ4n) is 1.76. The van der Waals surface area contributed by atoms with E-state index in [1.807, 2.05) is 19.1 Å². The Morgan fingerprint density at radius 3 is 2.63 bits per heavy atom. The van der Waals surface area contributed by atoms with Crippen LogP contribution in [0.5, 0.6) is 0 Å². The van der Waals surface area contributed by atoms with E-state index in [2.05, 4.69) is 10.3 Å². The Kier molecular flexibility index (Phi) is 4.02. The molecule has 0 radical (unpaired) electrons. The number of hydrogen-bond donors (Lipinski definition) is 2. The van der Waals surface area contributed by atoms with E-state index in [-0.39, 0.29) is 11.9 Å². The van der Waals surface area contributed by atoms with Crippen LogP contribution in [-0.2, 0) is 0 Å². The molecule has 1 aromatic carbocycles. The number of hydrogen-bond acceptors (Lipinski definition) is 3. The molecule has 0 aliphatic rings. The number of benzene rings is 1. The molecule has 0 aliphatic carbocycles. The smallest absolute Gasteiger partial charge is 0.251 e. The van der Waals surface area contributed by atoms with Crippen LogP contribution in [0.15, 0.2) is 42.7 Å². The molecule has 98 valence electrons. The minimum Gasteiger partial charge on any atom is -0.399 e. The lowest BCUT2D eigenvalue weighted by atomic mass is 10.1. The zero-order valence-corrected chi connectivity index (χ0v) is 11.2. The molecule has 1 aromatic heterocycles. The van der Waals surface area contributed by atoms with Gasteiger partial charge in [0.2, 0.25) is 0 Å². The number of carbonyl (C=O) groups is 1. The van der Waals surface area contributed by atoms with E-state index in [0.29, 0.717) is 16.3 Å². The van der Waals surface area contributed by atoms with Gasteiger partial charge in [0.1, 0.15) is 0 Å². The van der Waals surface area contributed by atoms with Crippen molar-refractivity contribution in [3.05, 3.63) is 58.9 Å². The van der Waals surface area contributed by atoms with Crippen molar-refractivity contribution in [1.82, 2.24) is 10.3 Å². The minimum atomic E-state index is -0.210. The van der Waals surface area contributed by atoms with Crippen LogP contribution in [0, 0.1) is 0 Å². The lowest BCUT2D eigenvalue weighted by Crippen LogP contribution is -2.26.